The van der Waals surface area contributed by atoms with E-state index in [-0.39, 0.29) is 45.7 Å². The van der Waals surface area contributed by atoms with E-state index in [9.17, 15) is 0 Å². The Hall–Kier alpha value is -0.240. The topological polar surface area (TPSA) is 77.4 Å². The van der Waals surface area contributed by atoms with Gasteiger partial charge in [0.1, 0.15) is 5.60 Å². The van der Waals surface area contributed by atoms with Crippen molar-refractivity contribution in [2.75, 3.05) is 52.9 Å². The molecule has 0 aromatic carbocycles. The smallest absolute Gasteiger partial charge is 0.138 e. The molecular weight excluding hydrogens is 264 g/mol. The van der Waals surface area contributed by atoms with Crippen LogP contribution >= 0.6 is 0 Å². The van der Waals surface area contributed by atoms with Crippen molar-refractivity contribution in [1.29, 1.82) is 0 Å². The molecule has 20 heavy (non-hydrogen) atoms. The van der Waals surface area contributed by atoms with E-state index < -0.39 is 5.60 Å². The molecule has 0 fully saturated rings. The van der Waals surface area contributed by atoms with Crippen LogP contribution in [-0.4, -0.2) is 74.8 Å². The zero-order chi connectivity index (χ0) is 15.3. The predicted molar refractivity (Wildman–Crippen MR) is 75.9 cm³/mol. The third-order valence-electron chi connectivity index (χ3n) is 2.40. The minimum absolute atomic E-state index is 0.00400. The van der Waals surface area contributed by atoms with Gasteiger partial charge in [0.05, 0.1) is 52.4 Å². The number of aliphatic hydroxyl groups excluding tert-OH is 2. The summed E-state index contributed by atoms with van der Waals surface area (Å²) in [5.74, 6) is 0. The number of hydrogen-bond acceptors (Lipinski definition) is 6. The van der Waals surface area contributed by atoms with Crippen molar-refractivity contribution in [1.82, 2.24) is 0 Å². The molecule has 2 N–H and O–H groups in total. The highest BCUT2D eigenvalue weighted by Gasteiger charge is 2.34. The molecule has 0 aliphatic heterocycles. The van der Waals surface area contributed by atoms with E-state index in [1.54, 1.807) is 0 Å². The van der Waals surface area contributed by atoms with Crippen LogP contribution in [0.1, 0.15) is 27.2 Å². The van der Waals surface area contributed by atoms with Gasteiger partial charge in [-0.15, -0.1) is 0 Å². The molecule has 0 spiro atoms. The van der Waals surface area contributed by atoms with E-state index in [1.807, 2.05) is 20.8 Å². The van der Waals surface area contributed by atoms with Gasteiger partial charge in [-0.2, -0.15) is 0 Å². The molecule has 0 aromatic heterocycles. The van der Waals surface area contributed by atoms with Gasteiger partial charge in [-0.05, 0) is 20.3 Å². The Balaban J connectivity index is 4.57. The Morgan fingerprint density at radius 1 is 0.850 bits per heavy atom. The highest BCUT2D eigenvalue weighted by molar-refractivity contribution is 4.82. The number of rotatable bonds is 14. The Bertz CT molecular complexity index is 183. The molecule has 6 heteroatoms. The van der Waals surface area contributed by atoms with Gasteiger partial charge in [-0.3, -0.25) is 0 Å². The van der Waals surface area contributed by atoms with Crippen molar-refractivity contribution < 1.29 is 29.2 Å². The molecular formula is C14H30O6. The van der Waals surface area contributed by atoms with Crippen LogP contribution in [0.25, 0.3) is 0 Å². The van der Waals surface area contributed by atoms with E-state index in [2.05, 4.69) is 0 Å². The fraction of sp³-hybridized carbons (Fsp3) is 1.00. The van der Waals surface area contributed by atoms with Gasteiger partial charge in [-0.25, -0.2) is 0 Å². The first-order valence-corrected chi connectivity index (χ1v) is 7.23. The Kier molecular flexibility index (Phi) is 12.3. The van der Waals surface area contributed by atoms with E-state index in [0.29, 0.717) is 13.2 Å². The monoisotopic (exact) mass is 294 g/mol. The second-order valence-corrected chi connectivity index (χ2v) is 4.95. The molecule has 0 amide bonds. The lowest BCUT2D eigenvalue weighted by Crippen LogP contribution is -2.49. The van der Waals surface area contributed by atoms with E-state index >= 15 is 0 Å². The molecule has 6 nitrogen and oxygen atoms in total. The first-order valence-electron chi connectivity index (χ1n) is 7.23. The minimum atomic E-state index is -0.715. The average Bonchev–Trinajstić information content (AvgIpc) is 2.39. The van der Waals surface area contributed by atoms with Crippen molar-refractivity contribution in [3.63, 3.8) is 0 Å². The van der Waals surface area contributed by atoms with Crippen molar-refractivity contribution in [2.24, 2.45) is 0 Å². The van der Waals surface area contributed by atoms with Gasteiger partial charge in [0, 0.05) is 6.61 Å². The second-order valence-electron chi connectivity index (χ2n) is 4.95. The summed E-state index contributed by atoms with van der Waals surface area (Å²) >= 11 is 0. The van der Waals surface area contributed by atoms with Crippen LogP contribution in [0, 0.1) is 0 Å². The molecule has 0 aromatic rings. The Morgan fingerprint density at radius 2 is 1.30 bits per heavy atom. The molecule has 122 valence electrons. The highest BCUT2D eigenvalue weighted by Crippen LogP contribution is 2.17. The first kappa shape index (κ1) is 19.8. The maximum atomic E-state index is 8.81. The standard InChI is InChI=1S/C14H30O6/c1-4-7-17-10-14(20-13(2)3,11-18-8-5-15)12-19-9-6-16/h13,15-16H,4-12H2,1-3H3. The SMILES string of the molecule is CCCOCC(COCCO)(COCCO)OC(C)C. The molecule has 0 saturated carbocycles. The molecule has 0 radical (unpaired) electrons. The van der Waals surface area contributed by atoms with Crippen molar-refractivity contribution >= 4 is 0 Å². The maximum Gasteiger partial charge on any atom is 0.138 e. The number of aliphatic hydroxyl groups is 2. The van der Waals surface area contributed by atoms with Gasteiger partial charge in [0.25, 0.3) is 0 Å². The van der Waals surface area contributed by atoms with Gasteiger partial charge < -0.3 is 29.2 Å². The van der Waals surface area contributed by atoms with Crippen LogP contribution in [0.3, 0.4) is 0 Å². The largest absolute Gasteiger partial charge is 0.394 e. The molecule has 0 aliphatic carbocycles. The zero-order valence-electron chi connectivity index (χ0n) is 13.0. The van der Waals surface area contributed by atoms with Crippen LogP contribution in [0.5, 0.6) is 0 Å². The molecule has 0 unspecified atom stereocenters. The average molecular weight is 294 g/mol. The Labute approximate surface area is 122 Å². The van der Waals surface area contributed by atoms with Crippen LogP contribution < -0.4 is 0 Å². The summed E-state index contributed by atoms with van der Waals surface area (Å²) < 4.78 is 22.4. The molecule has 0 aliphatic rings. The normalized spacial score (nSPS) is 12.3. The van der Waals surface area contributed by atoms with Gasteiger partial charge in [0.15, 0.2) is 0 Å². The summed E-state index contributed by atoms with van der Waals surface area (Å²) in [7, 11) is 0. The molecule has 0 atom stereocenters. The summed E-state index contributed by atoms with van der Waals surface area (Å²) in [6.07, 6.45) is 0.919. The summed E-state index contributed by atoms with van der Waals surface area (Å²) in [6.45, 7) is 7.89. The van der Waals surface area contributed by atoms with Crippen LogP contribution in [0.15, 0.2) is 0 Å². The fourth-order valence-electron chi connectivity index (χ4n) is 1.78. The third kappa shape index (κ3) is 9.63. The molecule has 0 bridgehead atoms. The number of ether oxygens (including phenoxy) is 4. The fourth-order valence-corrected chi connectivity index (χ4v) is 1.78. The van der Waals surface area contributed by atoms with Crippen LogP contribution in [0.4, 0.5) is 0 Å². The highest BCUT2D eigenvalue weighted by atomic mass is 16.6. The zero-order valence-corrected chi connectivity index (χ0v) is 13.0. The van der Waals surface area contributed by atoms with Gasteiger partial charge in [0.2, 0.25) is 0 Å². The van der Waals surface area contributed by atoms with E-state index in [0.717, 1.165) is 6.42 Å². The lowest BCUT2D eigenvalue weighted by molar-refractivity contribution is -0.185. The predicted octanol–water partition coefficient (Wildman–Crippen LogP) is 0.595. The van der Waals surface area contributed by atoms with Crippen LogP contribution in [0.2, 0.25) is 0 Å². The van der Waals surface area contributed by atoms with Crippen molar-refractivity contribution in [2.45, 2.75) is 38.9 Å². The Morgan fingerprint density at radius 3 is 1.65 bits per heavy atom. The first-order chi connectivity index (χ1) is 9.60. The molecule has 0 rings (SSSR count). The van der Waals surface area contributed by atoms with E-state index in [4.69, 9.17) is 29.2 Å². The van der Waals surface area contributed by atoms with Crippen molar-refractivity contribution in [3.8, 4) is 0 Å². The maximum absolute atomic E-state index is 8.81. The molecule has 0 saturated heterocycles. The minimum Gasteiger partial charge on any atom is -0.394 e. The second kappa shape index (κ2) is 12.5. The van der Waals surface area contributed by atoms with Crippen molar-refractivity contribution in [3.05, 3.63) is 0 Å². The number of hydrogen-bond donors (Lipinski definition) is 2. The summed E-state index contributed by atoms with van der Waals surface area (Å²) in [5, 5.41) is 17.6. The van der Waals surface area contributed by atoms with Gasteiger partial charge >= 0.3 is 0 Å². The summed E-state index contributed by atoms with van der Waals surface area (Å²) in [6, 6.07) is 0. The third-order valence-corrected chi connectivity index (χ3v) is 2.40. The lowest BCUT2D eigenvalue weighted by Gasteiger charge is -2.35. The quantitative estimate of drug-likeness (QED) is 0.457. The van der Waals surface area contributed by atoms with Crippen LogP contribution in [-0.2, 0) is 18.9 Å². The summed E-state index contributed by atoms with van der Waals surface area (Å²) in [4.78, 5) is 0. The van der Waals surface area contributed by atoms with E-state index in [1.165, 1.54) is 0 Å². The molecule has 0 heterocycles. The lowest BCUT2D eigenvalue weighted by atomic mass is 10.1. The summed E-state index contributed by atoms with van der Waals surface area (Å²) in [5.41, 5.74) is -0.715. The van der Waals surface area contributed by atoms with Gasteiger partial charge in [-0.1, -0.05) is 6.92 Å².